The number of aromatic nitrogens is 3. The summed E-state index contributed by atoms with van der Waals surface area (Å²) < 4.78 is 5.68. The Morgan fingerprint density at radius 2 is 2.22 bits per heavy atom. The van der Waals surface area contributed by atoms with Crippen molar-refractivity contribution in [3.05, 3.63) is 39.9 Å². The lowest BCUT2D eigenvalue weighted by Crippen LogP contribution is -2.36. The predicted molar refractivity (Wildman–Crippen MR) is 87.5 cm³/mol. The van der Waals surface area contributed by atoms with Crippen molar-refractivity contribution < 1.29 is 9.53 Å². The number of ether oxygens (including phenoxy) is 1. The second kappa shape index (κ2) is 7.14. The van der Waals surface area contributed by atoms with Crippen LogP contribution in [0.15, 0.2) is 17.9 Å². The van der Waals surface area contributed by atoms with Crippen LogP contribution in [-0.2, 0) is 11.2 Å². The largest absolute Gasteiger partial charge is 0.379 e. The molecule has 2 aromatic heterocycles. The highest BCUT2D eigenvalue weighted by Gasteiger charge is 2.25. The number of aryl methyl sites for hydroxylation is 2. The second-order valence-electron chi connectivity index (χ2n) is 5.81. The average Bonchev–Trinajstić information content (AvgIpc) is 2.83. The Kier molecular flexibility index (Phi) is 4.97. The second-order valence-corrected chi connectivity index (χ2v) is 6.67. The van der Waals surface area contributed by atoms with Crippen LogP contribution in [0.2, 0.25) is 0 Å². The molecule has 1 aliphatic heterocycles. The van der Waals surface area contributed by atoms with Gasteiger partial charge in [-0.05, 0) is 20.3 Å². The van der Waals surface area contributed by atoms with Crippen molar-refractivity contribution in [1.82, 2.24) is 19.9 Å². The van der Waals surface area contributed by atoms with Gasteiger partial charge in [-0.15, -0.1) is 11.3 Å². The quantitative estimate of drug-likeness (QED) is 0.858. The highest BCUT2D eigenvalue weighted by molar-refractivity contribution is 7.11. The van der Waals surface area contributed by atoms with Crippen LogP contribution in [0.1, 0.15) is 26.8 Å². The van der Waals surface area contributed by atoms with Crippen molar-refractivity contribution in [3.8, 4) is 0 Å². The Bertz CT molecular complexity index is 671. The van der Waals surface area contributed by atoms with Crippen LogP contribution in [0.3, 0.4) is 0 Å². The summed E-state index contributed by atoms with van der Waals surface area (Å²) in [5.41, 5.74) is 4.36. The zero-order valence-electron chi connectivity index (χ0n) is 13.4. The molecule has 3 heterocycles. The molecule has 2 aromatic rings. The van der Waals surface area contributed by atoms with Crippen molar-refractivity contribution >= 4 is 17.2 Å². The van der Waals surface area contributed by atoms with Gasteiger partial charge < -0.3 is 9.64 Å². The Morgan fingerprint density at radius 3 is 2.91 bits per heavy atom. The highest BCUT2D eigenvalue weighted by atomic mass is 32.1. The lowest BCUT2D eigenvalue weighted by molar-refractivity contribution is 0.0741. The van der Waals surface area contributed by atoms with E-state index in [1.807, 2.05) is 18.7 Å². The number of carbonyl (C=O) groups is 1. The van der Waals surface area contributed by atoms with Gasteiger partial charge >= 0.3 is 0 Å². The van der Waals surface area contributed by atoms with Gasteiger partial charge in [0.25, 0.3) is 5.91 Å². The number of nitrogens with zero attached hydrogens (tertiary/aromatic N) is 4. The van der Waals surface area contributed by atoms with Gasteiger partial charge in [0.1, 0.15) is 4.88 Å². The average molecular weight is 332 g/mol. The van der Waals surface area contributed by atoms with E-state index in [2.05, 4.69) is 15.0 Å². The number of carbonyl (C=O) groups excluding carboxylic acids is 1. The van der Waals surface area contributed by atoms with Crippen LogP contribution < -0.4 is 0 Å². The molecule has 7 heteroatoms. The van der Waals surface area contributed by atoms with Gasteiger partial charge in [-0.25, -0.2) is 4.98 Å². The van der Waals surface area contributed by atoms with Crippen molar-refractivity contribution in [2.75, 3.05) is 26.3 Å². The summed E-state index contributed by atoms with van der Waals surface area (Å²) in [5.74, 6) is 0.280. The van der Waals surface area contributed by atoms with Crippen LogP contribution in [0, 0.1) is 19.8 Å². The lowest BCUT2D eigenvalue weighted by Gasteiger charge is -2.23. The van der Waals surface area contributed by atoms with Crippen LogP contribution >= 0.6 is 11.3 Å². The molecule has 122 valence electrons. The Balaban J connectivity index is 1.69. The molecule has 1 aliphatic rings. The third kappa shape index (κ3) is 3.92. The maximum atomic E-state index is 12.7. The maximum absolute atomic E-state index is 12.7. The molecule has 1 atom stereocenters. The number of hydrogen-bond donors (Lipinski definition) is 0. The topological polar surface area (TPSA) is 68.2 Å². The first-order chi connectivity index (χ1) is 11.1. The molecular formula is C16H20N4O2S. The third-order valence-electron chi connectivity index (χ3n) is 3.90. The first-order valence-electron chi connectivity index (χ1n) is 7.68. The molecule has 0 N–H and O–H groups in total. The first-order valence-corrected chi connectivity index (χ1v) is 8.56. The van der Waals surface area contributed by atoms with Crippen molar-refractivity contribution in [1.29, 1.82) is 0 Å². The summed E-state index contributed by atoms with van der Waals surface area (Å²) in [6.45, 7) is 6.29. The van der Waals surface area contributed by atoms with Gasteiger partial charge in [0.15, 0.2) is 0 Å². The van der Waals surface area contributed by atoms with Crippen LogP contribution in [-0.4, -0.2) is 52.1 Å². The van der Waals surface area contributed by atoms with E-state index in [0.29, 0.717) is 26.3 Å². The Morgan fingerprint density at radius 1 is 1.35 bits per heavy atom. The maximum Gasteiger partial charge on any atom is 0.265 e. The van der Waals surface area contributed by atoms with Gasteiger partial charge in [-0.2, -0.15) is 0 Å². The molecule has 0 saturated carbocycles. The minimum absolute atomic E-state index is 0.0514. The summed E-state index contributed by atoms with van der Waals surface area (Å²) in [7, 11) is 0. The molecule has 6 nitrogen and oxygen atoms in total. The SMILES string of the molecule is Cc1cnc(CC2COCCN(C(=O)c3scnc3C)C2)cn1. The minimum atomic E-state index is 0.0514. The molecule has 1 saturated heterocycles. The predicted octanol–water partition coefficient (Wildman–Crippen LogP) is 1.88. The summed E-state index contributed by atoms with van der Waals surface area (Å²) in [6.07, 6.45) is 4.34. The fourth-order valence-corrected chi connectivity index (χ4v) is 3.43. The van der Waals surface area contributed by atoms with E-state index in [1.165, 1.54) is 11.3 Å². The molecule has 3 rings (SSSR count). The summed E-state index contributed by atoms with van der Waals surface area (Å²) >= 11 is 1.40. The van der Waals surface area contributed by atoms with E-state index in [4.69, 9.17) is 4.74 Å². The number of hydrogen-bond acceptors (Lipinski definition) is 6. The molecule has 0 spiro atoms. The molecule has 0 bridgehead atoms. The van der Waals surface area contributed by atoms with Crippen LogP contribution in [0.25, 0.3) is 0 Å². The van der Waals surface area contributed by atoms with E-state index >= 15 is 0 Å². The molecule has 1 fully saturated rings. The third-order valence-corrected chi connectivity index (χ3v) is 4.81. The van der Waals surface area contributed by atoms with Crippen molar-refractivity contribution in [2.24, 2.45) is 5.92 Å². The fourth-order valence-electron chi connectivity index (χ4n) is 2.66. The normalized spacial score (nSPS) is 18.7. The molecular weight excluding hydrogens is 312 g/mol. The van der Waals surface area contributed by atoms with Gasteiger partial charge in [0, 0.05) is 31.4 Å². The zero-order chi connectivity index (χ0) is 16.2. The van der Waals surface area contributed by atoms with E-state index in [1.54, 1.807) is 17.9 Å². The summed E-state index contributed by atoms with van der Waals surface area (Å²) in [4.78, 5) is 28.2. The summed E-state index contributed by atoms with van der Waals surface area (Å²) in [6, 6.07) is 0. The molecule has 0 aliphatic carbocycles. The van der Waals surface area contributed by atoms with Crippen molar-refractivity contribution in [2.45, 2.75) is 20.3 Å². The van der Waals surface area contributed by atoms with E-state index in [-0.39, 0.29) is 11.8 Å². The van der Waals surface area contributed by atoms with Crippen LogP contribution in [0.4, 0.5) is 0 Å². The monoisotopic (exact) mass is 332 g/mol. The van der Waals surface area contributed by atoms with Crippen molar-refractivity contribution in [3.63, 3.8) is 0 Å². The first kappa shape index (κ1) is 16.0. The van der Waals surface area contributed by atoms with Gasteiger partial charge in [-0.3, -0.25) is 14.8 Å². The molecule has 0 radical (unpaired) electrons. The van der Waals surface area contributed by atoms with Gasteiger partial charge in [-0.1, -0.05) is 0 Å². The summed E-state index contributed by atoms with van der Waals surface area (Å²) in [5, 5.41) is 0. The minimum Gasteiger partial charge on any atom is -0.379 e. The molecule has 0 aromatic carbocycles. The molecule has 1 unspecified atom stereocenters. The molecule has 1 amide bonds. The standard InChI is InChI=1S/C16H20N4O2S/c1-11-6-18-14(7-17-11)5-13-8-20(3-4-22-9-13)16(21)15-12(2)19-10-23-15/h6-7,10,13H,3-5,8-9H2,1-2H3. The Hall–Kier alpha value is -1.86. The molecule has 23 heavy (non-hydrogen) atoms. The zero-order valence-corrected chi connectivity index (χ0v) is 14.2. The van der Waals surface area contributed by atoms with E-state index in [9.17, 15) is 4.79 Å². The highest BCUT2D eigenvalue weighted by Crippen LogP contribution is 2.19. The van der Waals surface area contributed by atoms with E-state index in [0.717, 1.165) is 28.4 Å². The van der Waals surface area contributed by atoms with Crippen LogP contribution in [0.5, 0.6) is 0 Å². The lowest BCUT2D eigenvalue weighted by atomic mass is 10.0. The van der Waals surface area contributed by atoms with Gasteiger partial charge in [0.2, 0.25) is 0 Å². The number of thiazole rings is 1. The Labute approximate surface area is 139 Å². The smallest absolute Gasteiger partial charge is 0.265 e. The van der Waals surface area contributed by atoms with E-state index < -0.39 is 0 Å². The van der Waals surface area contributed by atoms with Gasteiger partial charge in [0.05, 0.1) is 35.8 Å². The number of rotatable bonds is 3. The number of amides is 1. The fraction of sp³-hybridized carbons (Fsp3) is 0.500.